The van der Waals surface area contributed by atoms with Crippen LogP contribution in [0.15, 0.2) is 0 Å². The van der Waals surface area contributed by atoms with E-state index in [1.807, 2.05) is 0 Å². The molecule has 1 unspecified atom stereocenters. The van der Waals surface area contributed by atoms with Gasteiger partial charge in [-0.25, -0.2) is 4.98 Å². The molecule has 0 radical (unpaired) electrons. The highest BCUT2D eigenvalue weighted by atomic mass is 16.6. The lowest BCUT2D eigenvalue weighted by Crippen LogP contribution is -2.27. The van der Waals surface area contributed by atoms with Crippen molar-refractivity contribution in [1.29, 1.82) is 0 Å². The van der Waals surface area contributed by atoms with Gasteiger partial charge in [0.1, 0.15) is 5.69 Å². The minimum Gasteiger partial charge on any atom is -0.396 e. The SMILES string of the molecule is COCC(CCO)Nc1nc(N)nc(C)c1[N+](=O)[O-]. The standard InChI is InChI=1S/C10H17N5O4/c1-6-8(15(17)18)9(14-10(11)12-6)13-7(3-4-16)5-19-2/h7,16H,3-5H2,1-2H3,(H3,11,12,13,14). The van der Waals surface area contributed by atoms with Crippen molar-refractivity contribution in [2.75, 3.05) is 31.4 Å². The van der Waals surface area contributed by atoms with E-state index in [-0.39, 0.29) is 42.4 Å². The summed E-state index contributed by atoms with van der Waals surface area (Å²) in [6.07, 6.45) is 0.369. The fourth-order valence-corrected chi connectivity index (χ4v) is 1.66. The third kappa shape index (κ3) is 4.00. The van der Waals surface area contributed by atoms with E-state index in [9.17, 15) is 10.1 Å². The zero-order chi connectivity index (χ0) is 14.4. The Balaban J connectivity index is 3.06. The number of aromatic nitrogens is 2. The highest BCUT2D eigenvalue weighted by molar-refractivity contribution is 5.60. The summed E-state index contributed by atoms with van der Waals surface area (Å²) in [5.41, 5.74) is 5.44. The molecular weight excluding hydrogens is 254 g/mol. The van der Waals surface area contributed by atoms with Gasteiger partial charge in [-0.1, -0.05) is 0 Å². The van der Waals surface area contributed by atoms with E-state index in [0.717, 1.165) is 0 Å². The first-order chi connectivity index (χ1) is 8.99. The van der Waals surface area contributed by atoms with Crippen LogP contribution in [-0.2, 0) is 4.74 Å². The van der Waals surface area contributed by atoms with Gasteiger partial charge in [-0.15, -0.1) is 0 Å². The monoisotopic (exact) mass is 271 g/mol. The van der Waals surface area contributed by atoms with Gasteiger partial charge in [0.15, 0.2) is 0 Å². The number of rotatable bonds is 7. The molecule has 1 atom stereocenters. The molecule has 0 aromatic carbocycles. The van der Waals surface area contributed by atoms with E-state index < -0.39 is 4.92 Å². The number of aliphatic hydroxyl groups is 1. The number of nitrogens with two attached hydrogens (primary N) is 1. The number of methoxy groups -OCH3 is 1. The van der Waals surface area contributed by atoms with E-state index in [1.165, 1.54) is 14.0 Å². The quantitative estimate of drug-likeness (QED) is 0.468. The average Bonchev–Trinajstić information content (AvgIpc) is 2.27. The van der Waals surface area contributed by atoms with Gasteiger partial charge in [0.25, 0.3) is 0 Å². The van der Waals surface area contributed by atoms with Crippen LogP contribution in [0.25, 0.3) is 0 Å². The molecule has 1 aromatic heterocycles. The number of ether oxygens (including phenoxy) is 1. The van der Waals surface area contributed by atoms with E-state index in [0.29, 0.717) is 6.42 Å². The molecule has 106 valence electrons. The molecule has 1 rings (SSSR count). The van der Waals surface area contributed by atoms with Crippen LogP contribution >= 0.6 is 0 Å². The summed E-state index contributed by atoms with van der Waals surface area (Å²) < 4.78 is 4.97. The van der Waals surface area contributed by atoms with E-state index in [4.69, 9.17) is 15.6 Å². The third-order valence-electron chi connectivity index (χ3n) is 2.44. The molecule has 0 aliphatic carbocycles. The fraction of sp³-hybridized carbons (Fsp3) is 0.600. The van der Waals surface area contributed by atoms with Crippen LogP contribution in [0.4, 0.5) is 17.5 Å². The third-order valence-corrected chi connectivity index (χ3v) is 2.44. The van der Waals surface area contributed by atoms with Crippen molar-refractivity contribution < 1.29 is 14.8 Å². The first kappa shape index (κ1) is 15.1. The first-order valence-corrected chi connectivity index (χ1v) is 5.64. The summed E-state index contributed by atoms with van der Waals surface area (Å²) >= 11 is 0. The van der Waals surface area contributed by atoms with Crippen molar-refractivity contribution in [2.24, 2.45) is 0 Å². The van der Waals surface area contributed by atoms with Crippen molar-refractivity contribution in [2.45, 2.75) is 19.4 Å². The minimum atomic E-state index is -0.570. The molecule has 0 amide bonds. The number of aliphatic hydroxyl groups excluding tert-OH is 1. The second-order valence-corrected chi connectivity index (χ2v) is 3.93. The summed E-state index contributed by atoms with van der Waals surface area (Å²) in [6.45, 7) is 1.69. The zero-order valence-corrected chi connectivity index (χ0v) is 10.8. The Morgan fingerprint density at radius 1 is 1.58 bits per heavy atom. The van der Waals surface area contributed by atoms with Crippen LogP contribution in [0.3, 0.4) is 0 Å². The molecule has 0 spiro atoms. The lowest BCUT2D eigenvalue weighted by molar-refractivity contribution is -0.385. The number of nitrogen functional groups attached to an aromatic ring is 1. The molecule has 0 aliphatic rings. The largest absolute Gasteiger partial charge is 0.396 e. The Morgan fingerprint density at radius 2 is 2.26 bits per heavy atom. The van der Waals surface area contributed by atoms with Gasteiger partial charge in [-0.05, 0) is 13.3 Å². The van der Waals surface area contributed by atoms with Gasteiger partial charge >= 0.3 is 5.69 Å². The number of nitro groups is 1. The number of anilines is 2. The lowest BCUT2D eigenvalue weighted by Gasteiger charge is -2.17. The highest BCUT2D eigenvalue weighted by Gasteiger charge is 2.23. The van der Waals surface area contributed by atoms with Crippen LogP contribution < -0.4 is 11.1 Å². The van der Waals surface area contributed by atoms with Crippen LogP contribution in [0, 0.1) is 17.0 Å². The summed E-state index contributed by atoms with van der Waals surface area (Å²) in [5, 5.41) is 22.8. The van der Waals surface area contributed by atoms with Crippen LogP contribution in [0.2, 0.25) is 0 Å². The zero-order valence-electron chi connectivity index (χ0n) is 10.8. The van der Waals surface area contributed by atoms with Gasteiger partial charge < -0.3 is 20.9 Å². The Labute approximate surface area is 110 Å². The predicted octanol–water partition coefficient (Wildman–Crippen LogP) is 0.0847. The lowest BCUT2D eigenvalue weighted by atomic mass is 10.2. The molecule has 0 saturated heterocycles. The number of hydrogen-bond acceptors (Lipinski definition) is 8. The molecule has 0 bridgehead atoms. The van der Waals surface area contributed by atoms with Gasteiger partial charge in [-0.3, -0.25) is 10.1 Å². The van der Waals surface area contributed by atoms with Gasteiger partial charge in [-0.2, -0.15) is 4.98 Å². The normalized spacial score (nSPS) is 12.2. The second kappa shape index (κ2) is 6.81. The van der Waals surface area contributed by atoms with Crippen molar-refractivity contribution in [3.8, 4) is 0 Å². The molecule has 1 heterocycles. The van der Waals surface area contributed by atoms with E-state index >= 15 is 0 Å². The molecule has 0 fully saturated rings. The molecule has 9 nitrogen and oxygen atoms in total. The molecule has 19 heavy (non-hydrogen) atoms. The Bertz CT molecular complexity index is 448. The van der Waals surface area contributed by atoms with Crippen LogP contribution in [0.1, 0.15) is 12.1 Å². The average molecular weight is 271 g/mol. The topological polar surface area (TPSA) is 136 Å². The van der Waals surface area contributed by atoms with Crippen molar-refractivity contribution in [3.05, 3.63) is 15.8 Å². The number of nitrogens with zero attached hydrogens (tertiary/aromatic N) is 3. The summed E-state index contributed by atoms with van der Waals surface area (Å²) in [7, 11) is 1.50. The minimum absolute atomic E-state index is 0.0329. The fourth-order valence-electron chi connectivity index (χ4n) is 1.66. The first-order valence-electron chi connectivity index (χ1n) is 5.64. The Morgan fingerprint density at radius 3 is 2.79 bits per heavy atom. The maximum atomic E-state index is 11.0. The summed E-state index contributed by atoms with van der Waals surface area (Å²) in [4.78, 5) is 18.0. The van der Waals surface area contributed by atoms with Crippen molar-refractivity contribution in [3.63, 3.8) is 0 Å². The number of aryl methyl sites for hydroxylation is 1. The van der Waals surface area contributed by atoms with Crippen molar-refractivity contribution in [1.82, 2.24) is 9.97 Å². The maximum Gasteiger partial charge on any atom is 0.332 e. The van der Waals surface area contributed by atoms with Gasteiger partial charge in [0, 0.05) is 13.7 Å². The van der Waals surface area contributed by atoms with Gasteiger partial charge in [0.05, 0.1) is 17.6 Å². The summed E-state index contributed by atoms with van der Waals surface area (Å²) in [5.74, 6) is -0.0173. The van der Waals surface area contributed by atoms with Crippen molar-refractivity contribution >= 4 is 17.5 Å². The molecule has 4 N–H and O–H groups in total. The van der Waals surface area contributed by atoms with Crippen LogP contribution in [-0.4, -0.2) is 46.4 Å². The van der Waals surface area contributed by atoms with E-state index in [1.54, 1.807) is 0 Å². The Hall–Kier alpha value is -2.00. The molecule has 0 aliphatic heterocycles. The summed E-state index contributed by atoms with van der Waals surface area (Å²) in [6, 6.07) is -0.303. The molecule has 0 saturated carbocycles. The number of nitrogens with one attached hydrogen (secondary N) is 1. The molecule has 9 heteroatoms. The van der Waals surface area contributed by atoms with Crippen LogP contribution in [0.5, 0.6) is 0 Å². The maximum absolute atomic E-state index is 11.0. The second-order valence-electron chi connectivity index (χ2n) is 3.93. The molecular formula is C10H17N5O4. The van der Waals surface area contributed by atoms with Gasteiger partial charge in [0.2, 0.25) is 11.8 Å². The molecule has 1 aromatic rings. The van der Waals surface area contributed by atoms with E-state index in [2.05, 4.69) is 15.3 Å². The predicted molar refractivity (Wildman–Crippen MR) is 68.8 cm³/mol. The smallest absolute Gasteiger partial charge is 0.332 e. The Kier molecular flexibility index (Phi) is 5.39. The number of hydrogen-bond donors (Lipinski definition) is 3. The highest BCUT2D eigenvalue weighted by Crippen LogP contribution is 2.26.